The summed E-state index contributed by atoms with van der Waals surface area (Å²) in [7, 11) is -4.03. The van der Waals surface area contributed by atoms with Crippen molar-refractivity contribution in [2.45, 2.75) is 25.7 Å². The lowest BCUT2D eigenvalue weighted by Crippen LogP contribution is -2.17. The van der Waals surface area contributed by atoms with Gasteiger partial charge in [-0.25, -0.2) is 8.42 Å². The summed E-state index contributed by atoms with van der Waals surface area (Å²) in [6, 6.07) is 16.0. The highest BCUT2D eigenvalue weighted by atomic mass is 35.5. The van der Waals surface area contributed by atoms with Gasteiger partial charge in [0.15, 0.2) is 0 Å². The fraction of sp³-hybridized carbons (Fsp3) is 0.130. The number of halogens is 1. The summed E-state index contributed by atoms with van der Waals surface area (Å²) in [5, 5.41) is 5.33. The van der Waals surface area contributed by atoms with E-state index in [4.69, 9.17) is 11.6 Å². The number of hydrogen-bond acceptors (Lipinski definition) is 4. The third-order valence-electron chi connectivity index (χ3n) is 4.58. The van der Waals surface area contributed by atoms with E-state index in [1.807, 2.05) is 19.1 Å². The van der Waals surface area contributed by atoms with Gasteiger partial charge in [-0.2, -0.15) is 0 Å². The Morgan fingerprint density at radius 3 is 2.09 bits per heavy atom. The van der Waals surface area contributed by atoms with Gasteiger partial charge in [-0.15, -0.1) is 0 Å². The van der Waals surface area contributed by atoms with E-state index in [0.717, 1.165) is 11.1 Å². The number of benzene rings is 3. The number of rotatable bonds is 6. The van der Waals surface area contributed by atoms with Crippen LogP contribution in [0.4, 0.5) is 17.1 Å². The minimum atomic E-state index is -4.03. The zero-order valence-electron chi connectivity index (χ0n) is 17.7. The van der Waals surface area contributed by atoms with Crippen molar-refractivity contribution in [3.05, 3.63) is 82.4 Å². The normalized spacial score (nSPS) is 11.0. The highest BCUT2D eigenvalue weighted by Crippen LogP contribution is 2.27. The topological polar surface area (TPSA) is 104 Å². The van der Waals surface area contributed by atoms with E-state index >= 15 is 0 Å². The Morgan fingerprint density at radius 1 is 0.844 bits per heavy atom. The molecule has 0 aromatic heterocycles. The summed E-state index contributed by atoms with van der Waals surface area (Å²) >= 11 is 6.16. The second kappa shape index (κ2) is 9.42. The van der Waals surface area contributed by atoms with Gasteiger partial charge in [0.25, 0.3) is 15.9 Å². The van der Waals surface area contributed by atoms with E-state index in [0.29, 0.717) is 17.1 Å². The number of carbonyl (C=O) groups is 2. The van der Waals surface area contributed by atoms with Gasteiger partial charge in [0.05, 0.1) is 10.7 Å². The molecule has 0 saturated carbocycles. The molecular weight excluding hydrogens is 450 g/mol. The summed E-state index contributed by atoms with van der Waals surface area (Å²) in [6.07, 6.45) is 0. The van der Waals surface area contributed by atoms with Crippen LogP contribution in [0.15, 0.2) is 65.6 Å². The first kappa shape index (κ1) is 23.3. The van der Waals surface area contributed by atoms with Crippen molar-refractivity contribution < 1.29 is 18.0 Å². The Balaban J connectivity index is 1.83. The second-order valence-corrected chi connectivity index (χ2v) is 9.34. The zero-order valence-corrected chi connectivity index (χ0v) is 19.3. The monoisotopic (exact) mass is 471 g/mol. The minimum Gasteiger partial charge on any atom is -0.326 e. The van der Waals surface area contributed by atoms with Crippen LogP contribution in [0.25, 0.3) is 0 Å². The molecule has 32 heavy (non-hydrogen) atoms. The maximum atomic E-state index is 13.0. The van der Waals surface area contributed by atoms with E-state index in [1.165, 1.54) is 25.1 Å². The van der Waals surface area contributed by atoms with Crippen LogP contribution < -0.4 is 15.4 Å². The number of nitrogens with one attached hydrogen (secondary N) is 3. The van der Waals surface area contributed by atoms with Gasteiger partial charge in [-0.05, 0) is 73.5 Å². The Labute approximate surface area is 191 Å². The number of carbonyl (C=O) groups excluding carboxylic acids is 2. The van der Waals surface area contributed by atoms with Crippen LogP contribution in [0.3, 0.4) is 0 Å². The van der Waals surface area contributed by atoms with Crippen molar-refractivity contribution in [3.8, 4) is 0 Å². The third kappa shape index (κ3) is 5.66. The van der Waals surface area contributed by atoms with Crippen LogP contribution >= 0.6 is 11.6 Å². The number of aryl methyl sites for hydroxylation is 2. The third-order valence-corrected chi connectivity index (χ3v) is 6.43. The predicted molar refractivity (Wildman–Crippen MR) is 127 cm³/mol. The summed E-state index contributed by atoms with van der Waals surface area (Å²) < 4.78 is 28.5. The molecule has 7 nitrogen and oxygen atoms in total. The molecule has 0 aliphatic carbocycles. The minimum absolute atomic E-state index is 0.000911. The molecule has 0 saturated heterocycles. The molecule has 3 aromatic carbocycles. The number of anilines is 3. The standard InChI is InChI=1S/C23H22ClN3O4S/c1-14-4-5-15(2)21(12-14)27-32(30,31)22-13-17(6-11-20(22)24)23(29)26-19-9-7-18(8-10-19)25-16(3)28/h4-13,27H,1-3H3,(H,25,28)(H,26,29). The molecule has 3 rings (SSSR count). The molecule has 3 N–H and O–H groups in total. The van der Waals surface area contributed by atoms with Gasteiger partial charge in [-0.3, -0.25) is 14.3 Å². The van der Waals surface area contributed by atoms with Crippen molar-refractivity contribution >= 4 is 50.5 Å². The van der Waals surface area contributed by atoms with Crippen molar-refractivity contribution in [3.63, 3.8) is 0 Å². The Bertz CT molecular complexity index is 1290. The summed E-state index contributed by atoms with van der Waals surface area (Å²) in [5.74, 6) is -0.705. The van der Waals surface area contributed by atoms with E-state index in [-0.39, 0.29) is 21.4 Å². The maximum absolute atomic E-state index is 13.0. The number of amides is 2. The van der Waals surface area contributed by atoms with Gasteiger partial charge in [0.2, 0.25) is 5.91 Å². The molecule has 0 spiro atoms. The molecule has 0 bridgehead atoms. The number of hydrogen-bond donors (Lipinski definition) is 3. The van der Waals surface area contributed by atoms with Gasteiger partial charge >= 0.3 is 0 Å². The summed E-state index contributed by atoms with van der Waals surface area (Å²) in [5.41, 5.74) is 3.30. The van der Waals surface area contributed by atoms with Gasteiger partial charge in [-0.1, -0.05) is 23.7 Å². The van der Waals surface area contributed by atoms with Crippen molar-refractivity contribution in [2.24, 2.45) is 0 Å². The van der Waals surface area contributed by atoms with Crippen LogP contribution in [0.1, 0.15) is 28.4 Å². The molecule has 0 atom stereocenters. The predicted octanol–water partition coefficient (Wildman–Crippen LogP) is 4.97. The van der Waals surface area contributed by atoms with Crippen LogP contribution in [0, 0.1) is 13.8 Å². The largest absolute Gasteiger partial charge is 0.326 e. The first-order valence-corrected chi connectivity index (χ1v) is 11.5. The highest BCUT2D eigenvalue weighted by molar-refractivity contribution is 7.92. The fourth-order valence-electron chi connectivity index (χ4n) is 2.94. The average Bonchev–Trinajstić information content (AvgIpc) is 2.71. The molecule has 0 fully saturated rings. The average molecular weight is 472 g/mol. The molecule has 0 aliphatic heterocycles. The molecular formula is C23H22ClN3O4S. The van der Waals surface area contributed by atoms with Crippen LogP contribution in [-0.4, -0.2) is 20.2 Å². The lowest BCUT2D eigenvalue weighted by Gasteiger charge is -2.13. The Kier molecular flexibility index (Phi) is 6.86. The lowest BCUT2D eigenvalue weighted by molar-refractivity contribution is -0.114. The highest BCUT2D eigenvalue weighted by Gasteiger charge is 2.21. The van der Waals surface area contributed by atoms with Gasteiger partial charge in [0.1, 0.15) is 4.90 Å². The molecule has 2 amide bonds. The van der Waals surface area contributed by atoms with Crippen LogP contribution in [0.5, 0.6) is 0 Å². The van der Waals surface area contributed by atoms with E-state index < -0.39 is 15.9 Å². The van der Waals surface area contributed by atoms with Crippen LogP contribution in [0.2, 0.25) is 5.02 Å². The summed E-state index contributed by atoms with van der Waals surface area (Å²) in [4.78, 5) is 23.6. The van der Waals surface area contributed by atoms with Crippen LogP contribution in [-0.2, 0) is 14.8 Å². The van der Waals surface area contributed by atoms with Gasteiger partial charge in [0, 0.05) is 23.9 Å². The molecule has 3 aromatic rings. The zero-order chi connectivity index (χ0) is 23.5. The maximum Gasteiger partial charge on any atom is 0.263 e. The molecule has 9 heteroatoms. The first-order valence-electron chi connectivity index (χ1n) is 9.64. The van der Waals surface area contributed by atoms with Crippen molar-refractivity contribution in [1.29, 1.82) is 0 Å². The molecule has 0 unspecified atom stereocenters. The van der Waals surface area contributed by atoms with E-state index in [2.05, 4.69) is 15.4 Å². The number of sulfonamides is 1. The van der Waals surface area contributed by atoms with Gasteiger partial charge < -0.3 is 10.6 Å². The first-order chi connectivity index (χ1) is 15.0. The van der Waals surface area contributed by atoms with Crippen molar-refractivity contribution in [1.82, 2.24) is 0 Å². The van der Waals surface area contributed by atoms with E-state index in [1.54, 1.807) is 37.3 Å². The second-order valence-electron chi connectivity index (χ2n) is 7.28. The van der Waals surface area contributed by atoms with E-state index in [9.17, 15) is 18.0 Å². The molecule has 0 heterocycles. The fourth-order valence-corrected chi connectivity index (χ4v) is 4.59. The molecule has 0 aliphatic rings. The lowest BCUT2D eigenvalue weighted by atomic mass is 10.1. The smallest absolute Gasteiger partial charge is 0.263 e. The van der Waals surface area contributed by atoms with Crippen molar-refractivity contribution in [2.75, 3.05) is 15.4 Å². The Morgan fingerprint density at radius 2 is 1.47 bits per heavy atom. The molecule has 0 radical (unpaired) electrons. The quantitative estimate of drug-likeness (QED) is 0.472. The Hall–Kier alpha value is -3.36. The molecule has 166 valence electrons. The summed E-state index contributed by atoms with van der Waals surface area (Å²) in [6.45, 7) is 5.05. The SMILES string of the molecule is CC(=O)Nc1ccc(NC(=O)c2ccc(Cl)c(S(=O)(=O)Nc3cc(C)ccc3C)c2)cc1.